The summed E-state index contributed by atoms with van der Waals surface area (Å²) in [5.41, 5.74) is 6.02. The second-order valence-electron chi connectivity index (χ2n) is 12.8. The number of H-pyrrole nitrogens is 2. The third kappa shape index (κ3) is 6.84. The number of aromatic nitrogens is 4. The summed E-state index contributed by atoms with van der Waals surface area (Å²) in [5, 5.41) is 5.65. The standard InChI is InChI=1S/C36H44N8O4/c1-22(2)32(42-36(47)48-4)35(46)44-18-6-8-30(44)34-39-20-28(41-34)26-15-11-24(12-16-26)23-9-13-25(14-10-23)27-19-38-33(40-27)29-7-5-17-43(29)31(45)21-37-3/h9-16,19-20,22,29-30,32,37H,5-8,17-18,21H2,1-4H3,(H,38,40)(H,39,41)(H,42,47)/t29-,30-,32?/m0/s1. The molecular formula is C36H44N8O4. The molecule has 4 heterocycles. The summed E-state index contributed by atoms with van der Waals surface area (Å²) in [6, 6.07) is 15.8. The van der Waals surface area contributed by atoms with Crippen LogP contribution in [0.15, 0.2) is 60.9 Å². The number of aromatic amines is 2. The van der Waals surface area contributed by atoms with Crippen LogP contribution in [0.2, 0.25) is 0 Å². The van der Waals surface area contributed by atoms with Crippen molar-refractivity contribution in [2.45, 2.75) is 57.7 Å². The number of imidazole rings is 2. The van der Waals surface area contributed by atoms with Gasteiger partial charge >= 0.3 is 6.09 Å². The lowest BCUT2D eigenvalue weighted by Gasteiger charge is -2.30. The van der Waals surface area contributed by atoms with Crippen molar-refractivity contribution in [3.63, 3.8) is 0 Å². The average Bonchev–Trinajstić information content (AvgIpc) is 3.93. The van der Waals surface area contributed by atoms with E-state index in [9.17, 15) is 14.4 Å². The summed E-state index contributed by atoms with van der Waals surface area (Å²) in [4.78, 5) is 57.8. The van der Waals surface area contributed by atoms with E-state index in [0.717, 1.165) is 77.5 Å². The first kappa shape index (κ1) is 33.0. The van der Waals surface area contributed by atoms with Crippen LogP contribution in [0.25, 0.3) is 33.6 Å². The van der Waals surface area contributed by atoms with E-state index in [1.165, 1.54) is 7.11 Å². The van der Waals surface area contributed by atoms with E-state index in [0.29, 0.717) is 13.1 Å². The van der Waals surface area contributed by atoms with Gasteiger partial charge in [-0.05, 0) is 60.9 Å². The van der Waals surface area contributed by atoms with E-state index in [1.807, 2.05) is 36.0 Å². The molecule has 2 aromatic carbocycles. The maximum Gasteiger partial charge on any atom is 0.407 e. The van der Waals surface area contributed by atoms with Crippen LogP contribution < -0.4 is 10.6 Å². The molecule has 3 atom stereocenters. The summed E-state index contributed by atoms with van der Waals surface area (Å²) >= 11 is 0. The van der Waals surface area contributed by atoms with Crippen molar-refractivity contribution >= 4 is 17.9 Å². The molecule has 0 bridgehead atoms. The van der Waals surface area contributed by atoms with E-state index >= 15 is 0 Å². The molecule has 12 nitrogen and oxygen atoms in total. The molecule has 6 rings (SSSR count). The van der Waals surface area contributed by atoms with Crippen molar-refractivity contribution < 1.29 is 19.1 Å². The van der Waals surface area contributed by atoms with Crippen LogP contribution in [0.4, 0.5) is 4.79 Å². The highest BCUT2D eigenvalue weighted by atomic mass is 16.5. The topological polar surface area (TPSA) is 148 Å². The van der Waals surface area contributed by atoms with Crippen molar-refractivity contribution in [2.75, 3.05) is 33.8 Å². The van der Waals surface area contributed by atoms with Crippen molar-refractivity contribution in [3.8, 4) is 33.6 Å². The summed E-state index contributed by atoms with van der Waals surface area (Å²) in [6.45, 7) is 5.51. The maximum atomic E-state index is 13.5. The number of ether oxygens (including phenoxy) is 1. The van der Waals surface area contributed by atoms with Crippen LogP contribution in [-0.2, 0) is 14.3 Å². The molecule has 4 N–H and O–H groups in total. The van der Waals surface area contributed by atoms with E-state index in [2.05, 4.69) is 79.1 Å². The fraction of sp³-hybridized carbons (Fsp3) is 0.417. The van der Waals surface area contributed by atoms with E-state index in [-0.39, 0.29) is 29.8 Å². The molecule has 48 heavy (non-hydrogen) atoms. The van der Waals surface area contributed by atoms with Gasteiger partial charge in [-0.3, -0.25) is 9.59 Å². The second kappa shape index (κ2) is 14.4. The monoisotopic (exact) mass is 652 g/mol. The van der Waals surface area contributed by atoms with Gasteiger partial charge in [0.05, 0.1) is 49.5 Å². The molecule has 2 saturated heterocycles. The van der Waals surface area contributed by atoms with Crippen LogP contribution >= 0.6 is 0 Å². The minimum absolute atomic E-state index is 0.0181. The van der Waals surface area contributed by atoms with Gasteiger partial charge in [0, 0.05) is 13.1 Å². The minimum Gasteiger partial charge on any atom is -0.453 e. The third-order valence-corrected chi connectivity index (χ3v) is 9.38. The lowest BCUT2D eigenvalue weighted by molar-refractivity contribution is -0.135. The van der Waals surface area contributed by atoms with E-state index < -0.39 is 12.1 Å². The predicted molar refractivity (Wildman–Crippen MR) is 183 cm³/mol. The molecule has 3 amide bonds. The molecule has 0 aliphatic carbocycles. The highest BCUT2D eigenvalue weighted by Gasteiger charge is 2.37. The van der Waals surface area contributed by atoms with E-state index in [1.54, 1.807) is 7.05 Å². The fourth-order valence-corrected chi connectivity index (χ4v) is 6.78. The molecule has 2 aliphatic rings. The van der Waals surface area contributed by atoms with Gasteiger partial charge in [-0.1, -0.05) is 62.4 Å². The van der Waals surface area contributed by atoms with Crippen molar-refractivity contribution in [2.24, 2.45) is 5.92 Å². The summed E-state index contributed by atoms with van der Waals surface area (Å²) in [6.07, 6.45) is 6.59. The van der Waals surface area contributed by atoms with Crippen molar-refractivity contribution in [1.29, 1.82) is 0 Å². The molecule has 2 fully saturated rings. The normalized spacial score (nSPS) is 18.4. The smallest absolute Gasteiger partial charge is 0.407 e. The number of alkyl carbamates (subject to hydrolysis) is 1. The number of nitrogens with zero attached hydrogens (tertiary/aromatic N) is 4. The number of carbonyl (C=O) groups is 3. The van der Waals surface area contributed by atoms with Gasteiger partial charge < -0.3 is 35.1 Å². The Morgan fingerprint density at radius 3 is 1.77 bits per heavy atom. The number of hydrogen-bond acceptors (Lipinski definition) is 7. The quantitative estimate of drug-likeness (QED) is 0.187. The number of rotatable bonds is 10. The first-order valence-electron chi connectivity index (χ1n) is 16.7. The number of likely N-dealkylation sites (tertiary alicyclic amines) is 2. The first-order chi connectivity index (χ1) is 23.3. The lowest BCUT2D eigenvalue weighted by atomic mass is 10.0. The molecule has 0 spiro atoms. The van der Waals surface area contributed by atoms with Crippen LogP contribution in [-0.4, -0.2) is 87.5 Å². The Morgan fingerprint density at radius 2 is 1.29 bits per heavy atom. The molecule has 252 valence electrons. The van der Waals surface area contributed by atoms with Gasteiger partial charge in [0.15, 0.2) is 0 Å². The zero-order valence-corrected chi connectivity index (χ0v) is 28.0. The zero-order chi connectivity index (χ0) is 33.8. The number of carbonyl (C=O) groups excluding carboxylic acids is 3. The fourth-order valence-electron chi connectivity index (χ4n) is 6.78. The minimum atomic E-state index is -0.672. The Hall–Kier alpha value is -4.97. The Kier molecular flexibility index (Phi) is 9.90. The molecule has 2 aliphatic heterocycles. The molecule has 1 unspecified atom stereocenters. The Balaban J connectivity index is 1.11. The number of methoxy groups -OCH3 is 1. The Bertz CT molecular complexity index is 1730. The van der Waals surface area contributed by atoms with Crippen LogP contribution in [0.5, 0.6) is 0 Å². The highest BCUT2D eigenvalue weighted by Crippen LogP contribution is 2.34. The molecule has 0 radical (unpaired) electrons. The van der Waals surface area contributed by atoms with Crippen LogP contribution in [0.1, 0.15) is 63.3 Å². The maximum absolute atomic E-state index is 13.5. The summed E-state index contributed by atoms with van der Waals surface area (Å²) in [5.74, 6) is 1.45. The Labute approximate surface area is 280 Å². The average molecular weight is 653 g/mol. The number of nitrogens with one attached hydrogen (secondary N) is 4. The third-order valence-electron chi connectivity index (χ3n) is 9.38. The van der Waals surface area contributed by atoms with Gasteiger partial charge in [-0.2, -0.15) is 0 Å². The SMILES string of the molecule is CNCC(=O)N1CCC[C@H]1c1ncc(-c2ccc(-c3ccc(-c4cnc([C@@H]5CCCN5C(=O)C(NC(=O)OC)C(C)C)[nH]4)cc3)cc2)[nH]1. The van der Waals surface area contributed by atoms with Gasteiger partial charge in [0.1, 0.15) is 17.7 Å². The van der Waals surface area contributed by atoms with Gasteiger partial charge in [0.2, 0.25) is 11.8 Å². The van der Waals surface area contributed by atoms with Crippen molar-refractivity contribution in [3.05, 3.63) is 72.6 Å². The van der Waals surface area contributed by atoms with Crippen LogP contribution in [0.3, 0.4) is 0 Å². The molecular weight excluding hydrogens is 608 g/mol. The zero-order valence-electron chi connectivity index (χ0n) is 28.0. The predicted octanol–water partition coefficient (Wildman–Crippen LogP) is 5.06. The van der Waals surface area contributed by atoms with E-state index in [4.69, 9.17) is 4.74 Å². The summed E-state index contributed by atoms with van der Waals surface area (Å²) in [7, 11) is 3.08. The molecule has 0 saturated carbocycles. The largest absolute Gasteiger partial charge is 0.453 e. The summed E-state index contributed by atoms with van der Waals surface area (Å²) < 4.78 is 4.74. The van der Waals surface area contributed by atoms with Gasteiger partial charge in [0.25, 0.3) is 0 Å². The van der Waals surface area contributed by atoms with Crippen LogP contribution in [0, 0.1) is 5.92 Å². The molecule has 2 aromatic heterocycles. The van der Waals surface area contributed by atoms with Gasteiger partial charge in [-0.25, -0.2) is 14.8 Å². The lowest BCUT2D eigenvalue weighted by Crippen LogP contribution is -2.51. The van der Waals surface area contributed by atoms with Gasteiger partial charge in [-0.15, -0.1) is 0 Å². The number of amides is 3. The number of likely N-dealkylation sites (N-methyl/N-ethyl adjacent to an activating group) is 1. The Morgan fingerprint density at radius 1 is 0.812 bits per heavy atom. The number of hydrogen-bond donors (Lipinski definition) is 4. The van der Waals surface area contributed by atoms with Crippen molar-refractivity contribution in [1.82, 2.24) is 40.4 Å². The first-order valence-corrected chi connectivity index (χ1v) is 16.7. The molecule has 4 aromatic rings. The highest BCUT2D eigenvalue weighted by molar-refractivity contribution is 5.86. The second-order valence-corrected chi connectivity index (χ2v) is 12.8. The number of benzene rings is 2. The molecule has 12 heteroatoms.